The molecular weight excluding hydrogens is 877 g/mol. The van der Waals surface area contributed by atoms with Crippen LogP contribution in [0.5, 0.6) is 0 Å². The molecule has 2 saturated carbocycles. The van der Waals surface area contributed by atoms with Crippen LogP contribution in [-0.2, 0) is 40.0 Å². The first-order valence-electron chi connectivity index (χ1n) is 21.4. The number of halogens is 6. The van der Waals surface area contributed by atoms with Gasteiger partial charge in [0.25, 0.3) is 5.91 Å². The molecule has 7 atom stereocenters. The first-order chi connectivity index (χ1) is 29.4. The van der Waals surface area contributed by atoms with E-state index in [4.69, 9.17) is 23.2 Å². The molecule has 5 rings (SSSR count). The van der Waals surface area contributed by atoms with Crippen molar-refractivity contribution in [2.75, 3.05) is 20.1 Å². The van der Waals surface area contributed by atoms with Crippen molar-refractivity contribution in [2.45, 2.75) is 152 Å². The van der Waals surface area contributed by atoms with Crippen molar-refractivity contribution in [1.82, 2.24) is 36.4 Å². The minimum Gasteiger partial charge on any atom is -0.373 e. The fourth-order valence-electron chi connectivity index (χ4n) is 8.14. The van der Waals surface area contributed by atoms with Gasteiger partial charge in [-0.25, -0.2) is 4.39 Å². The van der Waals surface area contributed by atoms with Gasteiger partial charge < -0.3 is 41.5 Å². The number of hydrogen-bond donors (Lipinski definition) is 6. The molecule has 0 bridgehead atoms. The van der Waals surface area contributed by atoms with Gasteiger partial charge in [0.15, 0.2) is 0 Å². The largest absolute Gasteiger partial charge is 0.426 e. The molecular formula is C42H57Cl2F4N7O8. The molecule has 2 aliphatic heterocycles. The number of likely N-dealkylation sites (N-methyl/N-ethyl adjacent to an activating group) is 1. The molecule has 21 heteroatoms. The zero-order valence-electron chi connectivity index (χ0n) is 35.7. The Morgan fingerprint density at radius 3 is 2.29 bits per heavy atom. The predicted octanol–water partition coefficient (Wildman–Crippen LogP) is 3.25. The maximum atomic E-state index is 14.7. The molecule has 0 aromatic heterocycles. The Bertz CT molecular complexity index is 1910. The van der Waals surface area contributed by atoms with Crippen molar-refractivity contribution in [1.29, 1.82) is 0 Å². The van der Waals surface area contributed by atoms with Gasteiger partial charge >= 0.3 is 6.18 Å². The van der Waals surface area contributed by atoms with E-state index in [1.807, 2.05) is 13.8 Å². The average Bonchev–Trinajstić information content (AvgIpc) is 3.86. The molecule has 2 saturated heterocycles. The molecule has 1 aromatic rings. The van der Waals surface area contributed by atoms with Crippen LogP contribution in [-0.4, -0.2) is 130 Å². The summed E-state index contributed by atoms with van der Waals surface area (Å²) in [6.45, 7) is 3.13. The van der Waals surface area contributed by atoms with Gasteiger partial charge in [-0.2, -0.15) is 13.2 Å². The minimum absolute atomic E-state index is 0.00863. The highest BCUT2D eigenvalue weighted by Crippen LogP contribution is 2.37. The summed E-state index contributed by atoms with van der Waals surface area (Å²) in [6.07, 6.45) is -4.36. The zero-order valence-corrected chi connectivity index (χ0v) is 37.2. The average molecular weight is 935 g/mol. The number of amides is 7. The summed E-state index contributed by atoms with van der Waals surface area (Å²) in [5, 5.41) is 24.3. The van der Waals surface area contributed by atoms with Gasteiger partial charge in [-0.05, 0) is 87.5 Å². The molecule has 4 fully saturated rings. The molecule has 4 aliphatic rings. The summed E-state index contributed by atoms with van der Waals surface area (Å²) in [5.41, 5.74) is -4.66. The maximum absolute atomic E-state index is 14.7. The van der Waals surface area contributed by atoms with Crippen LogP contribution in [0.2, 0.25) is 10.0 Å². The highest BCUT2D eigenvalue weighted by atomic mass is 35.5. The quantitative estimate of drug-likeness (QED) is 0.181. The van der Waals surface area contributed by atoms with E-state index in [2.05, 4.69) is 26.6 Å². The Morgan fingerprint density at radius 2 is 1.68 bits per heavy atom. The lowest BCUT2D eigenvalue weighted by atomic mass is 9.80. The normalized spacial score (nSPS) is 26.6. The third kappa shape index (κ3) is 12.1. The Hall–Kier alpha value is -4.23. The summed E-state index contributed by atoms with van der Waals surface area (Å²) in [7, 11) is 1.40. The topological polar surface area (TPSA) is 206 Å². The first kappa shape index (κ1) is 49.8. The van der Waals surface area contributed by atoms with Crippen LogP contribution in [0.3, 0.4) is 0 Å². The van der Waals surface area contributed by atoms with E-state index < -0.39 is 108 Å². The SMILES string of the molecule is CC(C)C[C@@H]1NC(=O)[C@@H](NC(=O)[C@H](CC2CCC2)NC(=O)[C@@H]2C[C@@H](F)CN2C(=O)[C@@](C)(O)C(F)(F)F)CCCCNC(=O)C2(CC2)NC(=O)[C@H](Cc2cc(Cl)ccc2Cl)N(C)C1=O. The minimum atomic E-state index is -5.43. The van der Waals surface area contributed by atoms with Crippen LogP contribution in [0.4, 0.5) is 17.6 Å². The monoisotopic (exact) mass is 933 g/mol. The lowest BCUT2D eigenvalue weighted by Gasteiger charge is -2.34. The van der Waals surface area contributed by atoms with Gasteiger partial charge in [0, 0.05) is 36.5 Å². The molecule has 0 unspecified atom stereocenters. The maximum Gasteiger partial charge on any atom is 0.426 e. The van der Waals surface area contributed by atoms with Crippen molar-refractivity contribution in [3.8, 4) is 0 Å². The van der Waals surface area contributed by atoms with E-state index >= 15 is 0 Å². The van der Waals surface area contributed by atoms with E-state index in [9.17, 15) is 56.2 Å². The number of carbonyl (C=O) groups excluding carboxylic acids is 7. The standard InChI is InChI=1S/C42H57Cl2F4N7O8/c1-22(2)16-30-37(60)54(4)31(19-24-18-25(43)11-12-27(24)44)36(59)53-41(13-14-41)38(61)49-15-6-5-10-28(33(56)52-30)50-34(57)29(17-23-8-7-9-23)51-35(58)32-20-26(45)21-55(32)39(62)40(3,63)42(46,47)48/h11-12,18,22-23,26,28-32,63H,5-10,13-17,19-21H2,1-4H3,(H,49,61)(H,50,57)(H,51,58)(H,52,56)(H,53,59)/t26-,28+,29+,30+,31+,32+,40-/m1/s1. The van der Waals surface area contributed by atoms with Crippen LogP contribution in [0.15, 0.2) is 18.2 Å². The van der Waals surface area contributed by atoms with Crippen LogP contribution in [0.25, 0.3) is 0 Å². The number of rotatable bonds is 11. The zero-order chi connectivity index (χ0) is 46.6. The van der Waals surface area contributed by atoms with Crippen LogP contribution in [0, 0.1) is 11.8 Å². The van der Waals surface area contributed by atoms with Crippen molar-refractivity contribution < 1.29 is 56.2 Å². The molecule has 7 amide bonds. The van der Waals surface area contributed by atoms with Gasteiger partial charge in [0.2, 0.25) is 41.0 Å². The van der Waals surface area contributed by atoms with E-state index in [1.54, 1.807) is 18.2 Å². The number of aliphatic hydroxyl groups is 1. The van der Waals surface area contributed by atoms with Gasteiger partial charge in [-0.3, -0.25) is 33.6 Å². The van der Waals surface area contributed by atoms with Crippen LogP contribution < -0.4 is 26.6 Å². The van der Waals surface area contributed by atoms with Gasteiger partial charge in [0.1, 0.15) is 41.9 Å². The summed E-state index contributed by atoms with van der Waals surface area (Å²) in [5.74, 6) is -6.55. The van der Waals surface area contributed by atoms with Crippen LogP contribution >= 0.6 is 23.2 Å². The number of nitrogens with one attached hydrogen (secondary N) is 5. The molecule has 1 aromatic carbocycles. The number of hydrogen-bond acceptors (Lipinski definition) is 8. The second-order valence-electron chi connectivity index (χ2n) is 17.9. The van der Waals surface area contributed by atoms with E-state index in [0.29, 0.717) is 47.6 Å². The van der Waals surface area contributed by atoms with Gasteiger partial charge in [0.05, 0.1) is 6.54 Å². The number of alkyl halides is 4. The molecule has 6 N–H and O–H groups in total. The van der Waals surface area contributed by atoms with Crippen LogP contribution in [0.1, 0.15) is 97.0 Å². The van der Waals surface area contributed by atoms with E-state index in [-0.39, 0.29) is 62.4 Å². The Balaban J connectivity index is 1.41. The Kier molecular flexibility index (Phi) is 16.0. The fraction of sp³-hybridized carbons (Fsp3) is 0.690. The molecule has 0 radical (unpaired) electrons. The van der Waals surface area contributed by atoms with Crippen molar-refractivity contribution in [3.05, 3.63) is 33.8 Å². The summed E-state index contributed by atoms with van der Waals surface area (Å²) < 4.78 is 55.5. The number of likely N-dealkylation sites (tertiary alicyclic amines) is 1. The third-order valence-corrected chi connectivity index (χ3v) is 13.1. The van der Waals surface area contributed by atoms with E-state index in [0.717, 1.165) is 6.42 Å². The first-order valence-corrected chi connectivity index (χ1v) is 22.2. The fourth-order valence-corrected chi connectivity index (χ4v) is 8.53. The molecule has 15 nitrogen and oxygen atoms in total. The molecule has 1 spiro atoms. The smallest absolute Gasteiger partial charge is 0.373 e. The lowest BCUT2D eigenvalue weighted by molar-refractivity contribution is -0.250. The lowest BCUT2D eigenvalue weighted by Crippen LogP contribution is -2.61. The second kappa shape index (κ2) is 20.3. The Morgan fingerprint density at radius 1 is 1.00 bits per heavy atom. The predicted molar refractivity (Wildman–Crippen MR) is 223 cm³/mol. The van der Waals surface area contributed by atoms with Crippen molar-refractivity contribution >= 4 is 64.6 Å². The Labute approximate surface area is 373 Å². The van der Waals surface area contributed by atoms with Crippen molar-refractivity contribution in [3.63, 3.8) is 0 Å². The second-order valence-corrected chi connectivity index (χ2v) is 18.8. The van der Waals surface area contributed by atoms with E-state index in [1.165, 1.54) is 11.9 Å². The van der Waals surface area contributed by atoms with Gasteiger partial charge in [-0.1, -0.05) is 56.3 Å². The highest BCUT2D eigenvalue weighted by molar-refractivity contribution is 6.33. The van der Waals surface area contributed by atoms with Gasteiger partial charge in [-0.15, -0.1) is 0 Å². The summed E-state index contributed by atoms with van der Waals surface area (Å²) >= 11 is 12.8. The summed E-state index contributed by atoms with van der Waals surface area (Å²) in [6, 6.07) is -2.21. The van der Waals surface area contributed by atoms with Crippen molar-refractivity contribution in [2.24, 2.45) is 11.8 Å². The number of carbonyl (C=O) groups is 7. The third-order valence-electron chi connectivity index (χ3n) is 12.5. The molecule has 2 heterocycles. The highest BCUT2D eigenvalue weighted by Gasteiger charge is 2.59. The molecule has 2 aliphatic carbocycles. The molecule has 63 heavy (non-hydrogen) atoms. The number of nitrogens with zero attached hydrogens (tertiary/aromatic N) is 2. The molecule has 350 valence electrons. The summed E-state index contributed by atoms with van der Waals surface area (Å²) in [4.78, 5) is 98.5. The number of benzene rings is 1.